The van der Waals surface area contributed by atoms with E-state index in [1.165, 1.54) is 0 Å². The third-order valence-corrected chi connectivity index (χ3v) is 2.86. The van der Waals surface area contributed by atoms with Gasteiger partial charge in [-0.05, 0) is 37.6 Å². The van der Waals surface area contributed by atoms with Crippen LogP contribution in [0, 0.1) is 0 Å². The van der Waals surface area contributed by atoms with E-state index >= 15 is 0 Å². The maximum atomic E-state index is 5.47. The first-order valence-corrected chi connectivity index (χ1v) is 6.84. The maximum Gasteiger partial charge on any atom is 0.161 e. The predicted octanol–water partition coefficient (Wildman–Crippen LogP) is 2.78. The van der Waals surface area contributed by atoms with Crippen LogP contribution in [0.1, 0.15) is 26.0 Å². The van der Waals surface area contributed by atoms with E-state index in [2.05, 4.69) is 22.3 Å². The first kappa shape index (κ1) is 14.3. The summed E-state index contributed by atoms with van der Waals surface area (Å²) in [7, 11) is 0. The van der Waals surface area contributed by atoms with Crippen molar-refractivity contribution in [2.24, 2.45) is 5.84 Å². The van der Waals surface area contributed by atoms with Crippen LogP contribution in [0.4, 0.5) is 5.82 Å². The zero-order valence-corrected chi connectivity index (χ0v) is 11.9. The molecule has 1 heterocycles. The van der Waals surface area contributed by atoms with Gasteiger partial charge in [0.15, 0.2) is 5.82 Å². The smallest absolute Gasteiger partial charge is 0.161 e. The molecule has 0 fully saturated rings. The number of aryl methyl sites for hydroxylation is 1. The first-order chi connectivity index (χ1) is 9.76. The number of hydrazine groups is 1. The van der Waals surface area contributed by atoms with Gasteiger partial charge in [0.2, 0.25) is 0 Å². The van der Waals surface area contributed by atoms with Crippen molar-refractivity contribution in [3.8, 4) is 17.1 Å². The molecule has 0 radical (unpaired) electrons. The van der Waals surface area contributed by atoms with Crippen LogP contribution in [0.15, 0.2) is 30.3 Å². The fourth-order valence-electron chi connectivity index (χ4n) is 1.95. The van der Waals surface area contributed by atoms with E-state index in [0.717, 1.165) is 29.8 Å². The number of rotatable bonds is 6. The fourth-order valence-corrected chi connectivity index (χ4v) is 1.95. The van der Waals surface area contributed by atoms with Crippen LogP contribution in [-0.2, 0) is 6.42 Å². The van der Waals surface area contributed by atoms with Crippen LogP contribution in [-0.4, -0.2) is 16.6 Å². The van der Waals surface area contributed by atoms with Gasteiger partial charge in [-0.3, -0.25) is 0 Å². The zero-order valence-electron chi connectivity index (χ0n) is 11.9. The Bertz CT molecular complexity index is 554. The zero-order chi connectivity index (χ0) is 14.4. The SMILES string of the molecule is CCCc1cc(NN)nc(-c2ccc(OCC)cc2)n1. The van der Waals surface area contributed by atoms with Crippen LogP contribution in [0.3, 0.4) is 0 Å². The van der Waals surface area contributed by atoms with Crippen LogP contribution in [0.2, 0.25) is 0 Å². The van der Waals surface area contributed by atoms with Gasteiger partial charge in [-0.2, -0.15) is 0 Å². The highest BCUT2D eigenvalue weighted by Crippen LogP contribution is 2.21. The van der Waals surface area contributed by atoms with E-state index in [9.17, 15) is 0 Å². The maximum absolute atomic E-state index is 5.47. The Morgan fingerprint density at radius 1 is 1.15 bits per heavy atom. The average molecular weight is 272 g/mol. The molecule has 0 saturated heterocycles. The fraction of sp³-hybridized carbons (Fsp3) is 0.333. The largest absolute Gasteiger partial charge is 0.494 e. The average Bonchev–Trinajstić information content (AvgIpc) is 2.48. The normalized spacial score (nSPS) is 10.3. The van der Waals surface area contributed by atoms with Crippen LogP contribution < -0.4 is 16.0 Å². The minimum absolute atomic E-state index is 0.632. The van der Waals surface area contributed by atoms with Crippen molar-refractivity contribution in [3.63, 3.8) is 0 Å². The molecule has 0 spiro atoms. The van der Waals surface area contributed by atoms with E-state index in [1.807, 2.05) is 37.3 Å². The topological polar surface area (TPSA) is 73.1 Å². The number of aromatic nitrogens is 2. The molecular weight excluding hydrogens is 252 g/mol. The summed E-state index contributed by atoms with van der Waals surface area (Å²) in [4.78, 5) is 8.96. The van der Waals surface area contributed by atoms with Crippen molar-refractivity contribution in [1.82, 2.24) is 9.97 Å². The van der Waals surface area contributed by atoms with Crippen molar-refractivity contribution < 1.29 is 4.74 Å². The lowest BCUT2D eigenvalue weighted by Crippen LogP contribution is -2.10. The number of ether oxygens (including phenoxy) is 1. The standard InChI is InChI=1S/C15H20N4O/c1-3-5-12-10-14(19-16)18-15(17-12)11-6-8-13(9-7-11)20-4-2/h6-10H,3-5,16H2,1-2H3,(H,17,18,19). The Kier molecular flexibility index (Phi) is 4.90. The van der Waals surface area contributed by atoms with E-state index in [-0.39, 0.29) is 0 Å². The molecule has 0 bridgehead atoms. The van der Waals surface area contributed by atoms with Crippen molar-refractivity contribution in [1.29, 1.82) is 0 Å². The molecule has 1 aromatic heterocycles. The first-order valence-electron chi connectivity index (χ1n) is 6.84. The second-order valence-electron chi connectivity index (χ2n) is 4.42. The van der Waals surface area contributed by atoms with Gasteiger partial charge in [-0.1, -0.05) is 13.3 Å². The van der Waals surface area contributed by atoms with Crippen molar-refractivity contribution in [2.45, 2.75) is 26.7 Å². The van der Waals surface area contributed by atoms with Gasteiger partial charge >= 0.3 is 0 Å². The summed E-state index contributed by atoms with van der Waals surface area (Å²) in [5, 5.41) is 0. The molecule has 0 atom stereocenters. The molecule has 106 valence electrons. The molecule has 0 aliphatic heterocycles. The van der Waals surface area contributed by atoms with Gasteiger partial charge in [-0.25, -0.2) is 15.8 Å². The summed E-state index contributed by atoms with van der Waals surface area (Å²) >= 11 is 0. The van der Waals surface area contributed by atoms with Crippen molar-refractivity contribution >= 4 is 5.82 Å². The molecule has 0 saturated carbocycles. The number of nitrogens with two attached hydrogens (primary N) is 1. The summed E-state index contributed by atoms with van der Waals surface area (Å²) in [5.41, 5.74) is 4.52. The van der Waals surface area contributed by atoms with E-state index in [1.54, 1.807) is 0 Å². The third kappa shape index (κ3) is 3.45. The molecule has 2 aromatic rings. The lowest BCUT2D eigenvalue weighted by molar-refractivity contribution is 0.340. The highest BCUT2D eigenvalue weighted by Gasteiger charge is 2.06. The Hall–Kier alpha value is -2.14. The molecule has 0 amide bonds. The number of hydrogen-bond donors (Lipinski definition) is 2. The van der Waals surface area contributed by atoms with Gasteiger partial charge in [0.1, 0.15) is 11.6 Å². The van der Waals surface area contributed by atoms with E-state index in [4.69, 9.17) is 10.6 Å². The van der Waals surface area contributed by atoms with Crippen molar-refractivity contribution in [2.75, 3.05) is 12.0 Å². The molecule has 5 nitrogen and oxygen atoms in total. The molecule has 20 heavy (non-hydrogen) atoms. The number of anilines is 1. The highest BCUT2D eigenvalue weighted by atomic mass is 16.5. The minimum Gasteiger partial charge on any atom is -0.494 e. The lowest BCUT2D eigenvalue weighted by atomic mass is 10.2. The Labute approximate surface area is 119 Å². The molecule has 0 aliphatic carbocycles. The summed E-state index contributed by atoms with van der Waals surface area (Å²) in [6.07, 6.45) is 1.94. The molecular formula is C15H20N4O. The summed E-state index contributed by atoms with van der Waals surface area (Å²) in [5.74, 6) is 7.62. The van der Waals surface area contributed by atoms with E-state index in [0.29, 0.717) is 18.2 Å². The summed E-state index contributed by atoms with van der Waals surface area (Å²) < 4.78 is 5.43. The van der Waals surface area contributed by atoms with Crippen molar-refractivity contribution in [3.05, 3.63) is 36.0 Å². The van der Waals surface area contributed by atoms with Crippen LogP contribution in [0.5, 0.6) is 5.75 Å². The van der Waals surface area contributed by atoms with Gasteiger partial charge in [0.25, 0.3) is 0 Å². The molecule has 3 N–H and O–H groups in total. The summed E-state index contributed by atoms with van der Waals surface area (Å²) in [6, 6.07) is 9.63. The quantitative estimate of drug-likeness (QED) is 0.625. The lowest BCUT2D eigenvalue weighted by Gasteiger charge is -2.08. The second kappa shape index (κ2) is 6.86. The molecule has 0 unspecified atom stereocenters. The van der Waals surface area contributed by atoms with Gasteiger partial charge in [-0.15, -0.1) is 0 Å². The van der Waals surface area contributed by atoms with Gasteiger partial charge in [0.05, 0.1) is 6.61 Å². The number of benzene rings is 1. The minimum atomic E-state index is 0.632. The molecule has 2 rings (SSSR count). The number of hydrogen-bond acceptors (Lipinski definition) is 5. The van der Waals surface area contributed by atoms with Crippen LogP contribution in [0.25, 0.3) is 11.4 Å². The Morgan fingerprint density at radius 2 is 1.90 bits per heavy atom. The number of nitrogens with zero attached hydrogens (tertiary/aromatic N) is 2. The van der Waals surface area contributed by atoms with Gasteiger partial charge in [0, 0.05) is 17.3 Å². The third-order valence-electron chi connectivity index (χ3n) is 2.86. The number of nitrogens with one attached hydrogen (secondary N) is 1. The highest BCUT2D eigenvalue weighted by molar-refractivity contribution is 5.58. The monoisotopic (exact) mass is 272 g/mol. The van der Waals surface area contributed by atoms with Crippen LogP contribution >= 0.6 is 0 Å². The second-order valence-corrected chi connectivity index (χ2v) is 4.42. The Morgan fingerprint density at radius 3 is 2.50 bits per heavy atom. The predicted molar refractivity (Wildman–Crippen MR) is 80.4 cm³/mol. The molecule has 5 heteroatoms. The molecule has 0 aliphatic rings. The van der Waals surface area contributed by atoms with Gasteiger partial charge < -0.3 is 10.2 Å². The molecule has 1 aromatic carbocycles. The number of nitrogen functional groups attached to an aromatic ring is 1. The van der Waals surface area contributed by atoms with E-state index < -0.39 is 0 Å². The Balaban J connectivity index is 2.32. The summed E-state index contributed by atoms with van der Waals surface area (Å²) in [6.45, 7) is 4.74.